The molecule has 1 aromatic carbocycles. The molecule has 0 aliphatic carbocycles. The van der Waals surface area contributed by atoms with Crippen LogP contribution in [0.3, 0.4) is 0 Å². The quantitative estimate of drug-likeness (QED) is 0.343. The van der Waals surface area contributed by atoms with Gasteiger partial charge in [0.15, 0.2) is 5.16 Å². The van der Waals surface area contributed by atoms with Crippen molar-refractivity contribution in [1.29, 1.82) is 0 Å². The standard InChI is InChI=1S/C20H15F2N3OS3/c1-11(19(26)23-16-12(21)5-2-6-13(16)22)29-20-24-17(14-7-3-9-27-14)18(25-20)15-8-4-10-28-15/h2-11H,1H3,(H,23,26)(H,24,25)/t11-/m1/s1. The van der Waals surface area contributed by atoms with Gasteiger partial charge in [0.2, 0.25) is 5.91 Å². The average Bonchev–Trinajstić information content (AvgIpc) is 3.45. The summed E-state index contributed by atoms with van der Waals surface area (Å²) in [4.78, 5) is 22.5. The van der Waals surface area contributed by atoms with E-state index >= 15 is 0 Å². The van der Waals surface area contributed by atoms with Gasteiger partial charge in [-0.05, 0) is 41.9 Å². The van der Waals surface area contributed by atoms with Crippen LogP contribution >= 0.6 is 34.4 Å². The number of thioether (sulfide) groups is 1. The molecule has 4 rings (SSSR count). The smallest absolute Gasteiger partial charge is 0.237 e. The molecular formula is C20H15F2N3OS3. The summed E-state index contributed by atoms with van der Waals surface area (Å²) >= 11 is 4.37. The molecule has 0 spiro atoms. The largest absolute Gasteiger partial charge is 0.332 e. The third-order valence-electron chi connectivity index (χ3n) is 4.07. The maximum Gasteiger partial charge on any atom is 0.237 e. The van der Waals surface area contributed by atoms with Crippen LogP contribution in [0.1, 0.15) is 6.92 Å². The number of nitrogens with zero attached hydrogens (tertiary/aromatic N) is 1. The third-order valence-corrected chi connectivity index (χ3v) is 6.82. The molecule has 29 heavy (non-hydrogen) atoms. The number of carbonyl (C=O) groups is 1. The van der Waals surface area contributed by atoms with Crippen molar-refractivity contribution in [1.82, 2.24) is 9.97 Å². The number of imidazole rings is 1. The molecule has 0 aliphatic heterocycles. The van der Waals surface area contributed by atoms with Crippen LogP contribution in [0.4, 0.5) is 14.5 Å². The van der Waals surface area contributed by atoms with Crippen molar-refractivity contribution >= 4 is 46.0 Å². The summed E-state index contributed by atoms with van der Waals surface area (Å²) in [5, 5.41) is 6.24. The monoisotopic (exact) mass is 447 g/mol. The minimum atomic E-state index is -0.812. The number of hydrogen-bond donors (Lipinski definition) is 2. The van der Waals surface area contributed by atoms with Crippen LogP contribution in [0, 0.1) is 11.6 Å². The van der Waals surface area contributed by atoms with Gasteiger partial charge >= 0.3 is 0 Å². The van der Waals surface area contributed by atoms with Crippen molar-refractivity contribution in [2.45, 2.75) is 17.3 Å². The predicted molar refractivity (Wildman–Crippen MR) is 116 cm³/mol. The molecule has 9 heteroatoms. The van der Waals surface area contributed by atoms with Gasteiger partial charge in [0, 0.05) is 0 Å². The maximum atomic E-state index is 13.8. The van der Waals surface area contributed by atoms with Crippen molar-refractivity contribution in [3.8, 4) is 21.1 Å². The number of aromatic nitrogens is 2. The second-order valence-electron chi connectivity index (χ2n) is 6.07. The van der Waals surface area contributed by atoms with Crippen molar-refractivity contribution in [2.75, 3.05) is 5.32 Å². The Bertz CT molecular complexity index is 1050. The van der Waals surface area contributed by atoms with Gasteiger partial charge in [-0.3, -0.25) is 4.79 Å². The topological polar surface area (TPSA) is 57.8 Å². The Hall–Kier alpha value is -2.49. The van der Waals surface area contributed by atoms with Crippen LogP contribution in [0.15, 0.2) is 58.4 Å². The fourth-order valence-electron chi connectivity index (χ4n) is 2.66. The molecule has 3 heterocycles. The zero-order valence-corrected chi connectivity index (χ0v) is 17.6. The normalized spacial score (nSPS) is 12.1. The number of halogens is 2. The number of thiophene rings is 2. The van der Waals surface area contributed by atoms with Gasteiger partial charge in [0.05, 0.1) is 20.7 Å². The van der Waals surface area contributed by atoms with Crippen LogP contribution in [-0.4, -0.2) is 21.1 Å². The summed E-state index contributed by atoms with van der Waals surface area (Å²) in [5.41, 5.74) is 1.26. The Balaban J connectivity index is 1.56. The van der Waals surface area contributed by atoms with E-state index in [0.29, 0.717) is 5.16 Å². The zero-order valence-electron chi connectivity index (χ0n) is 15.1. The van der Waals surface area contributed by atoms with Gasteiger partial charge in [0.25, 0.3) is 0 Å². The number of anilines is 1. The highest BCUT2D eigenvalue weighted by atomic mass is 32.2. The van der Waals surface area contributed by atoms with E-state index < -0.39 is 28.5 Å². The predicted octanol–water partition coefficient (Wildman–Crippen LogP) is 6.26. The van der Waals surface area contributed by atoms with E-state index in [-0.39, 0.29) is 0 Å². The Morgan fingerprint density at radius 3 is 2.34 bits per heavy atom. The van der Waals surface area contributed by atoms with Gasteiger partial charge in [-0.2, -0.15) is 0 Å². The molecule has 2 N–H and O–H groups in total. The molecule has 1 atom stereocenters. The molecule has 148 valence electrons. The Morgan fingerprint density at radius 2 is 1.72 bits per heavy atom. The van der Waals surface area contributed by atoms with Crippen LogP contribution < -0.4 is 5.32 Å². The van der Waals surface area contributed by atoms with E-state index in [0.717, 1.165) is 33.3 Å². The molecule has 0 bridgehead atoms. The maximum absolute atomic E-state index is 13.8. The van der Waals surface area contributed by atoms with E-state index in [4.69, 9.17) is 0 Å². The summed E-state index contributed by atoms with van der Waals surface area (Å²) in [5.74, 6) is -2.13. The SMILES string of the molecule is C[C@@H](Sc1nc(-c2cccs2)c(-c2cccs2)[nH]1)C(=O)Nc1c(F)cccc1F. The fourth-order valence-corrected chi connectivity index (χ4v) is 4.91. The molecule has 0 aliphatic rings. The molecule has 4 nitrogen and oxygen atoms in total. The number of carbonyl (C=O) groups excluding carboxylic acids is 1. The number of para-hydroxylation sites is 1. The number of H-pyrrole nitrogens is 1. The highest BCUT2D eigenvalue weighted by molar-refractivity contribution is 8.00. The molecule has 0 radical (unpaired) electrons. The first kappa shape index (κ1) is 19.8. The molecule has 0 unspecified atom stereocenters. The van der Waals surface area contributed by atoms with E-state index in [1.165, 1.54) is 17.8 Å². The van der Waals surface area contributed by atoms with Crippen molar-refractivity contribution in [3.05, 3.63) is 64.9 Å². The first-order valence-corrected chi connectivity index (χ1v) is 11.3. The van der Waals surface area contributed by atoms with Crippen LogP contribution in [0.2, 0.25) is 0 Å². The van der Waals surface area contributed by atoms with Crippen LogP contribution in [-0.2, 0) is 4.79 Å². The molecule has 4 aromatic rings. The Kier molecular flexibility index (Phi) is 5.79. The molecule has 1 amide bonds. The number of amides is 1. The van der Waals surface area contributed by atoms with Gasteiger partial charge in [-0.1, -0.05) is 30.0 Å². The number of rotatable bonds is 6. The minimum absolute atomic E-state index is 0.442. The second kappa shape index (κ2) is 8.48. The number of benzene rings is 1. The lowest BCUT2D eigenvalue weighted by Crippen LogP contribution is -2.23. The third kappa shape index (κ3) is 4.26. The van der Waals surface area contributed by atoms with E-state index in [9.17, 15) is 13.6 Å². The first-order valence-electron chi connectivity index (χ1n) is 8.62. The molecule has 0 fully saturated rings. The van der Waals surface area contributed by atoms with Crippen molar-refractivity contribution in [3.63, 3.8) is 0 Å². The van der Waals surface area contributed by atoms with E-state index in [2.05, 4.69) is 15.3 Å². The van der Waals surface area contributed by atoms with Gasteiger partial charge in [-0.25, -0.2) is 13.8 Å². The van der Waals surface area contributed by atoms with E-state index in [1.54, 1.807) is 29.6 Å². The van der Waals surface area contributed by atoms with Crippen LogP contribution in [0.25, 0.3) is 21.1 Å². The van der Waals surface area contributed by atoms with E-state index in [1.807, 2.05) is 35.0 Å². The zero-order chi connectivity index (χ0) is 20.4. The Morgan fingerprint density at radius 1 is 1.07 bits per heavy atom. The summed E-state index contributed by atoms with van der Waals surface area (Å²) in [6, 6.07) is 11.4. The van der Waals surface area contributed by atoms with Crippen molar-refractivity contribution < 1.29 is 13.6 Å². The molecule has 0 saturated heterocycles. The lowest BCUT2D eigenvalue weighted by Gasteiger charge is -2.11. The second-order valence-corrected chi connectivity index (χ2v) is 9.29. The number of hydrogen-bond acceptors (Lipinski definition) is 5. The highest BCUT2D eigenvalue weighted by Crippen LogP contribution is 2.37. The summed E-state index contributed by atoms with van der Waals surface area (Å²) in [6.45, 7) is 1.66. The van der Waals surface area contributed by atoms with Gasteiger partial charge in [0.1, 0.15) is 23.0 Å². The lowest BCUT2D eigenvalue weighted by atomic mass is 10.2. The van der Waals surface area contributed by atoms with Crippen LogP contribution in [0.5, 0.6) is 0 Å². The summed E-state index contributed by atoms with van der Waals surface area (Å²) in [7, 11) is 0. The Labute approximate surface area is 178 Å². The van der Waals surface area contributed by atoms with Crippen molar-refractivity contribution in [2.24, 2.45) is 0 Å². The number of aromatic amines is 1. The van der Waals surface area contributed by atoms with Gasteiger partial charge in [-0.15, -0.1) is 22.7 Å². The molecule has 0 saturated carbocycles. The lowest BCUT2D eigenvalue weighted by molar-refractivity contribution is -0.115. The highest BCUT2D eigenvalue weighted by Gasteiger charge is 2.22. The van der Waals surface area contributed by atoms with Gasteiger partial charge < -0.3 is 10.3 Å². The fraction of sp³-hybridized carbons (Fsp3) is 0.100. The summed E-state index contributed by atoms with van der Waals surface area (Å²) in [6.07, 6.45) is 0. The first-order chi connectivity index (χ1) is 14.0. The molecule has 3 aromatic heterocycles. The summed E-state index contributed by atoms with van der Waals surface area (Å²) < 4.78 is 27.6. The molecular weight excluding hydrogens is 432 g/mol. The average molecular weight is 448 g/mol. The number of nitrogens with one attached hydrogen (secondary N) is 2. The minimum Gasteiger partial charge on any atom is -0.332 e.